The van der Waals surface area contributed by atoms with E-state index < -0.39 is 0 Å². The summed E-state index contributed by atoms with van der Waals surface area (Å²) >= 11 is 0. The van der Waals surface area contributed by atoms with Crippen LogP contribution in [0.2, 0.25) is 0 Å². The van der Waals surface area contributed by atoms with Crippen molar-refractivity contribution in [2.75, 3.05) is 5.73 Å². The molecule has 1 aromatic rings. The second-order valence-electron chi connectivity index (χ2n) is 5.15. The van der Waals surface area contributed by atoms with Gasteiger partial charge in [0, 0.05) is 29.9 Å². The first kappa shape index (κ1) is 12.4. The maximum absolute atomic E-state index is 13.8. The number of hydrogen-bond acceptors (Lipinski definition) is 2. The molecule has 2 nitrogen and oxygen atoms in total. The molecule has 2 atom stereocenters. The van der Waals surface area contributed by atoms with E-state index in [-0.39, 0.29) is 5.82 Å². The lowest BCUT2D eigenvalue weighted by Gasteiger charge is -2.39. The van der Waals surface area contributed by atoms with E-state index in [2.05, 4.69) is 18.7 Å². The zero-order valence-corrected chi connectivity index (χ0v) is 10.6. The van der Waals surface area contributed by atoms with Crippen molar-refractivity contribution in [2.24, 2.45) is 0 Å². The highest BCUT2D eigenvalue weighted by Gasteiger charge is 2.25. The lowest BCUT2D eigenvalue weighted by Crippen LogP contribution is -2.43. The Balaban J connectivity index is 2.13. The van der Waals surface area contributed by atoms with Crippen LogP contribution in [0.25, 0.3) is 0 Å². The molecule has 0 amide bonds. The van der Waals surface area contributed by atoms with Crippen LogP contribution >= 0.6 is 0 Å². The number of nitrogens with two attached hydrogens (primary N) is 1. The van der Waals surface area contributed by atoms with Gasteiger partial charge in [0.15, 0.2) is 0 Å². The number of rotatable bonds is 2. The van der Waals surface area contributed by atoms with Gasteiger partial charge in [-0.2, -0.15) is 0 Å². The third-order valence-corrected chi connectivity index (χ3v) is 3.81. The van der Waals surface area contributed by atoms with E-state index in [1.54, 1.807) is 12.1 Å². The predicted molar refractivity (Wildman–Crippen MR) is 69.1 cm³/mol. The minimum Gasteiger partial charge on any atom is -0.399 e. The summed E-state index contributed by atoms with van der Waals surface area (Å²) in [6.45, 7) is 5.14. The largest absolute Gasteiger partial charge is 0.399 e. The molecule has 1 saturated heterocycles. The molecule has 1 heterocycles. The van der Waals surface area contributed by atoms with Crippen LogP contribution in [-0.2, 0) is 6.54 Å². The number of benzene rings is 1. The summed E-state index contributed by atoms with van der Waals surface area (Å²) in [6.07, 6.45) is 3.70. The summed E-state index contributed by atoms with van der Waals surface area (Å²) in [5.74, 6) is -0.185. The third kappa shape index (κ3) is 2.78. The molecule has 94 valence electrons. The fourth-order valence-electron chi connectivity index (χ4n) is 2.67. The van der Waals surface area contributed by atoms with E-state index in [1.807, 2.05) is 0 Å². The Morgan fingerprint density at radius 2 is 1.94 bits per heavy atom. The number of anilines is 1. The van der Waals surface area contributed by atoms with Crippen LogP contribution in [0.1, 0.15) is 38.7 Å². The molecule has 0 bridgehead atoms. The highest BCUT2D eigenvalue weighted by atomic mass is 19.1. The van der Waals surface area contributed by atoms with Crippen molar-refractivity contribution in [3.63, 3.8) is 0 Å². The Kier molecular flexibility index (Phi) is 3.67. The van der Waals surface area contributed by atoms with Crippen molar-refractivity contribution in [2.45, 2.75) is 51.7 Å². The zero-order valence-electron chi connectivity index (χ0n) is 10.6. The van der Waals surface area contributed by atoms with Gasteiger partial charge in [-0.3, -0.25) is 4.90 Å². The Hall–Kier alpha value is -1.09. The molecule has 1 aliphatic heterocycles. The van der Waals surface area contributed by atoms with Crippen molar-refractivity contribution >= 4 is 5.69 Å². The van der Waals surface area contributed by atoms with Gasteiger partial charge in [-0.1, -0.05) is 12.5 Å². The molecule has 0 radical (unpaired) electrons. The maximum Gasteiger partial charge on any atom is 0.129 e. The van der Waals surface area contributed by atoms with Crippen LogP contribution < -0.4 is 5.73 Å². The van der Waals surface area contributed by atoms with Gasteiger partial charge in [-0.05, 0) is 38.8 Å². The second kappa shape index (κ2) is 5.05. The molecule has 2 unspecified atom stereocenters. The average Bonchev–Trinajstić information content (AvgIpc) is 2.26. The molecule has 1 fully saturated rings. The highest BCUT2D eigenvalue weighted by Crippen LogP contribution is 2.25. The summed E-state index contributed by atoms with van der Waals surface area (Å²) in [5, 5.41) is 0. The highest BCUT2D eigenvalue weighted by molar-refractivity contribution is 5.40. The molecule has 1 aromatic carbocycles. The van der Waals surface area contributed by atoms with Crippen LogP contribution in [0.4, 0.5) is 10.1 Å². The third-order valence-electron chi connectivity index (χ3n) is 3.81. The summed E-state index contributed by atoms with van der Waals surface area (Å²) < 4.78 is 13.8. The van der Waals surface area contributed by atoms with Gasteiger partial charge in [0.1, 0.15) is 5.82 Å². The topological polar surface area (TPSA) is 29.3 Å². The van der Waals surface area contributed by atoms with Crippen molar-refractivity contribution in [3.05, 3.63) is 29.6 Å². The number of hydrogen-bond donors (Lipinski definition) is 1. The Labute approximate surface area is 103 Å². The summed E-state index contributed by atoms with van der Waals surface area (Å²) in [4.78, 5) is 2.39. The van der Waals surface area contributed by atoms with Crippen LogP contribution in [0.3, 0.4) is 0 Å². The number of nitrogen functional groups attached to an aromatic ring is 1. The first-order valence-electron chi connectivity index (χ1n) is 6.37. The van der Waals surface area contributed by atoms with Crippen LogP contribution in [0, 0.1) is 5.82 Å². The fraction of sp³-hybridized carbons (Fsp3) is 0.571. The van der Waals surface area contributed by atoms with Crippen molar-refractivity contribution in [1.82, 2.24) is 4.90 Å². The second-order valence-corrected chi connectivity index (χ2v) is 5.15. The van der Waals surface area contributed by atoms with E-state index in [1.165, 1.54) is 25.3 Å². The molecule has 3 heteroatoms. The Morgan fingerprint density at radius 3 is 2.53 bits per heavy atom. The molecule has 2 N–H and O–H groups in total. The SMILES string of the molecule is CC1CCCC(C)N1Cc1ccc(N)cc1F. The number of nitrogens with zero attached hydrogens (tertiary/aromatic N) is 1. The van der Waals surface area contributed by atoms with E-state index >= 15 is 0 Å². The molecule has 1 aliphatic rings. The normalized spacial score (nSPS) is 26.1. The van der Waals surface area contributed by atoms with E-state index in [0.717, 1.165) is 5.56 Å². The summed E-state index contributed by atoms with van der Waals surface area (Å²) in [7, 11) is 0. The van der Waals surface area contributed by atoms with Gasteiger partial charge in [-0.25, -0.2) is 4.39 Å². The lowest BCUT2D eigenvalue weighted by atomic mass is 9.96. The first-order valence-corrected chi connectivity index (χ1v) is 6.37. The Bertz CT molecular complexity index is 382. The van der Waals surface area contributed by atoms with Gasteiger partial charge < -0.3 is 5.73 Å². The molecule has 0 aromatic heterocycles. The summed E-state index contributed by atoms with van der Waals surface area (Å²) in [6, 6.07) is 6.07. The zero-order chi connectivity index (χ0) is 12.4. The van der Waals surface area contributed by atoms with Crippen molar-refractivity contribution in [3.8, 4) is 0 Å². The quantitative estimate of drug-likeness (QED) is 0.799. The van der Waals surface area contributed by atoms with Gasteiger partial charge in [0.25, 0.3) is 0 Å². The fourth-order valence-corrected chi connectivity index (χ4v) is 2.67. The minimum absolute atomic E-state index is 0.185. The van der Waals surface area contributed by atoms with Crippen molar-refractivity contribution < 1.29 is 4.39 Å². The molecule has 0 aliphatic carbocycles. The number of likely N-dealkylation sites (tertiary alicyclic amines) is 1. The standard InChI is InChI=1S/C14H21FN2/c1-10-4-3-5-11(2)17(10)9-12-6-7-13(16)8-14(12)15/h6-8,10-11H,3-5,9,16H2,1-2H3. The van der Waals surface area contributed by atoms with E-state index in [9.17, 15) is 4.39 Å². The average molecular weight is 236 g/mol. The summed E-state index contributed by atoms with van der Waals surface area (Å²) in [5.41, 5.74) is 6.80. The number of piperidine rings is 1. The molecule has 0 saturated carbocycles. The van der Waals surface area contributed by atoms with Gasteiger partial charge >= 0.3 is 0 Å². The molecule has 0 spiro atoms. The Morgan fingerprint density at radius 1 is 1.29 bits per heavy atom. The molecular weight excluding hydrogens is 215 g/mol. The lowest BCUT2D eigenvalue weighted by molar-refractivity contribution is 0.0940. The molecular formula is C14H21FN2. The van der Waals surface area contributed by atoms with E-state index in [4.69, 9.17) is 5.73 Å². The van der Waals surface area contributed by atoms with Crippen LogP contribution in [0.5, 0.6) is 0 Å². The van der Waals surface area contributed by atoms with Gasteiger partial charge in [0.2, 0.25) is 0 Å². The number of halogens is 1. The van der Waals surface area contributed by atoms with Crippen LogP contribution in [-0.4, -0.2) is 17.0 Å². The monoisotopic (exact) mass is 236 g/mol. The minimum atomic E-state index is -0.185. The smallest absolute Gasteiger partial charge is 0.129 e. The van der Waals surface area contributed by atoms with E-state index in [0.29, 0.717) is 24.3 Å². The van der Waals surface area contributed by atoms with Crippen LogP contribution in [0.15, 0.2) is 18.2 Å². The van der Waals surface area contributed by atoms with Gasteiger partial charge in [-0.15, -0.1) is 0 Å². The molecule has 2 rings (SSSR count). The predicted octanol–water partition coefficient (Wildman–Crippen LogP) is 3.17. The molecule has 17 heavy (non-hydrogen) atoms. The van der Waals surface area contributed by atoms with Gasteiger partial charge in [0.05, 0.1) is 0 Å². The maximum atomic E-state index is 13.8. The first-order chi connectivity index (χ1) is 8.08. The van der Waals surface area contributed by atoms with Crippen molar-refractivity contribution in [1.29, 1.82) is 0 Å².